The van der Waals surface area contributed by atoms with Crippen molar-refractivity contribution in [3.8, 4) is 0 Å². The molecule has 82 valence electrons. The van der Waals surface area contributed by atoms with Gasteiger partial charge >= 0.3 is 0 Å². The molecule has 0 aliphatic rings. The Hall–Kier alpha value is -1.35. The maximum Gasteiger partial charge on any atom is 0.100 e. The molecule has 0 radical (unpaired) electrons. The molecular weight excluding hydrogens is 190 g/mol. The first-order chi connectivity index (χ1) is 7.04. The van der Waals surface area contributed by atoms with E-state index < -0.39 is 5.60 Å². The number of aliphatic hydroxyl groups is 1. The van der Waals surface area contributed by atoms with Crippen LogP contribution in [0.2, 0.25) is 0 Å². The van der Waals surface area contributed by atoms with Crippen LogP contribution in [0.25, 0.3) is 0 Å². The summed E-state index contributed by atoms with van der Waals surface area (Å²) in [6, 6.07) is 9.92. The molecule has 0 aliphatic carbocycles. The molecule has 3 nitrogen and oxygen atoms in total. The molecule has 2 N–H and O–H groups in total. The molecule has 0 aliphatic heterocycles. The maximum absolute atomic E-state index is 9.66. The Bertz CT molecular complexity index is 325. The van der Waals surface area contributed by atoms with Crippen molar-refractivity contribution in [3.05, 3.63) is 35.9 Å². The molecule has 0 spiro atoms. The Morgan fingerprint density at radius 3 is 2.33 bits per heavy atom. The highest BCUT2D eigenvalue weighted by atomic mass is 16.4. The number of nitrogens with zero attached hydrogens (tertiary/aromatic N) is 1. The van der Waals surface area contributed by atoms with Crippen molar-refractivity contribution in [2.75, 3.05) is 0 Å². The highest BCUT2D eigenvalue weighted by Gasteiger charge is 2.21. The largest absolute Gasteiger partial charge is 0.411 e. The zero-order chi connectivity index (χ0) is 11.3. The van der Waals surface area contributed by atoms with E-state index in [1.165, 1.54) is 5.56 Å². The summed E-state index contributed by atoms with van der Waals surface area (Å²) in [6.45, 7) is 3.24. The standard InChI is InChI=1S/C12H17NO2/c1-12(2,14)11(13-15)9-8-10-6-4-3-5-7-10/h3-7,14-15H,8-9H2,1-2H3/b13-11-. The fourth-order valence-electron chi connectivity index (χ4n) is 1.39. The van der Waals surface area contributed by atoms with Gasteiger partial charge in [0.2, 0.25) is 0 Å². The van der Waals surface area contributed by atoms with Gasteiger partial charge < -0.3 is 10.3 Å². The topological polar surface area (TPSA) is 52.8 Å². The molecular formula is C12H17NO2. The van der Waals surface area contributed by atoms with Gasteiger partial charge in [-0.25, -0.2) is 0 Å². The molecule has 0 heterocycles. The van der Waals surface area contributed by atoms with Crippen LogP contribution in [0.15, 0.2) is 35.5 Å². The smallest absolute Gasteiger partial charge is 0.100 e. The van der Waals surface area contributed by atoms with Crippen LogP contribution in [-0.2, 0) is 6.42 Å². The van der Waals surface area contributed by atoms with Gasteiger partial charge in [0.15, 0.2) is 0 Å². The second-order valence-electron chi connectivity index (χ2n) is 4.09. The summed E-state index contributed by atoms with van der Waals surface area (Å²) in [4.78, 5) is 0. The summed E-state index contributed by atoms with van der Waals surface area (Å²) in [7, 11) is 0. The molecule has 0 aromatic heterocycles. The van der Waals surface area contributed by atoms with E-state index in [0.717, 1.165) is 6.42 Å². The molecule has 0 saturated carbocycles. The highest BCUT2D eigenvalue weighted by Crippen LogP contribution is 2.11. The maximum atomic E-state index is 9.66. The van der Waals surface area contributed by atoms with Gasteiger partial charge in [-0.15, -0.1) is 0 Å². The third kappa shape index (κ3) is 3.72. The van der Waals surface area contributed by atoms with E-state index in [4.69, 9.17) is 5.21 Å². The van der Waals surface area contributed by atoms with Crippen molar-refractivity contribution in [1.82, 2.24) is 0 Å². The second-order valence-corrected chi connectivity index (χ2v) is 4.09. The minimum absolute atomic E-state index is 0.409. The highest BCUT2D eigenvalue weighted by molar-refractivity contribution is 5.91. The molecule has 1 aromatic rings. The van der Waals surface area contributed by atoms with E-state index in [2.05, 4.69) is 5.16 Å². The Morgan fingerprint density at radius 2 is 1.87 bits per heavy atom. The van der Waals surface area contributed by atoms with E-state index in [9.17, 15) is 5.11 Å². The van der Waals surface area contributed by atoms with Crippen molar-refractivity contribution in [3.63, 3.8) is 0 Å². The summed E-state index contributed by atoms with van der Waals surface area (Å²) in [5, 5.41) is 21.6. The Balaban J connectivity index is 2.57. The minimum Gasteiger partial charge on any atom is -0.411 e. The molecule has 1 aromatic carbocycles. The first-order valence-electron chi connectivity index (χ1n) is 5.02. The third-order valence-electron chi connectivity index (χ3n) is 2.32. The van der Waals surface area contributed by atoms with Gasteiger partial charge in [-0.3, -0.25) is 0 Å². The lowest BCUT2D eigenvalue weighted by Gasteiger charge is -2.18. The van der Waals surface area contributed by atoms with Gasteiger partial charge in [-0.05, 0) is 32.3 Å². The van der Waals surface area contributed by atoms with Crippen molar-refractivity contribution in [2.24, 2.45) is 5.16 Å². The number of rotatable bonds is 4. The van der Waals surface area contributed by atoms with Gasteiger partial charge in [-0.2, -0.15) is 0 Å². The Morgan fingerprint density at radius 1 is 1.27 bits per heavy atom. The van der Waals surface area contributed by atoms with Crippen LogP contribution < -0.4 is 0 Å². The lowest BCUT2D eigenvalue weighted by molar-refractivity contribution is 0.145. The van der Waals surface area contributed by atoms with Crippen LogP contribution in [0.4, 0.5) is 0 Å². The molecule has 0 saturated heterocycles. The number of hydrogen-bond acceptors (Lipinski definition) is 3. The summed E-state index contributed by atoms with van der Waals surface area (Å²) >= 11 is 0. The van der Waals surface area contributed by atoms with Gasteiger partial charge in [-0.1, -0.05) is 35.5 Å². The second kappa shape index (κ2) is 4.94. The molecule has 1 rings (SSSR count). The normalized spacial score (nSPS) is 12.9. The summed E-state index contributed by atoms with van der Waals surface area (Å²) in [5.74, 6) is 0. The van der Waals surface area contributed by atoms with Crippen molar-refractivity contribution in [1.29, 1.82) is 0 Å². The molecule has 0 bridgehead atoms. The zero-order valence-electron chi connectivity index (χ0n) is 9.14. The van der Waals surface area contributed by atoms with Crippen LogP contribution in [-0.4, -0.2) is 21.6 Å². The lowest BCUT2D eigenvalue weighted by Crippen LogP contribution is -2.31. The minimum atomic E-state index is -1.05. The van der Waals surface area contributed by atoms with E-state index in [-0.39, 0.29) is 0 Å². The van der Waals surface area contributed by atoms with Crippen LogP contribution in [0.5, 0.6) is 0 Å². The predicted molar refractivity (Wildman–Crippen MR) is 60.3 cm³/mol. The summed E-state index contributed by atoms with van der Waals surface area (Å²) < 4.78 is 0. The fraction of sp³-hybridized carbons (Fsp3) is 0.417. The molecule has 0 amide bonds. The van der Waals surface area contributed by atoms with E-state index >= 15 is 0 Å². The lowest BCUT2D eigenvalue weighted by atomic mass is 9.96. The van der Waals surface area contributed by atoms with Crippen molar-refractivity contribution < 1.29 is 10.3 Å². The molecule has 15 heavy (non-hydrogen) atoms. The summed E-state index contributed by atoms with van der Waals surface area (Å²) in [6.07, 6.45) is 1.33. The summed E-state index contributed by atoms with van der Waals surface area (Å²) in [5.41, 5.74) is 0.526. The average Bonchev–Trinajstić information content (AvgIpc) is 2.18. The zero-order valence-corrected chi connectivity index (χ0v) is 9.14. The van der Waals surface area contributed by atoms with Crippen LogP contribution in [0.3, 0.4) is 0 Å². The van der Waals surface area contributed by atoms with Crippen LogP contribution >= 0.6 is 0 Å². The average molecular weight is 207 g/mol. The molecule has 0 fully saturated rings. The van der Waals surface area contributed by atoms with Gasteiger partial charge in [0.25, 0.3) is 0 Å². The third-order valence-corrected chi connectivity index (χ3v) is 2.32. The first kappa shape index (κ1) is 11.7. The SMILES string of the molecule is CC(C)(O)/C(CCc1ccccc1)=N\O. The van der Waals surface area contributed by atoms with E-state index in [0.29, 0.717) is 12.1 Å². The molecule has 3 heteroatoms. The first-order valence-corrected chi connectivity index (χ1v) is 5.02. The number of oxime groups is 1. The number of benzene rings is 1. The monoisotopic (exact) mass is 207 g/mol. The Labute approximate surface area is 90.1 Å². The predicted octanol–water partition coefficient (Wildman–Crippen LogP) is 2.22. The van der Waals surface area contributed by atoms with Crippen molar-refractivity contribution >= 4 is 5.71 Å². The molecule has 0 atom stereocenters. The van der Waals surface area contributed by atoms with Crippen molar-refractivity contribution in [2.45, 2.75) is 32.3 Å². The van der Waals surface area contributed by atoms with Crippen LogP contribution in [0, 0.1) is 0 Å². The van der Waals surface area contributed by atoms with Gasteiger partial charge in [0.1, 0.15) is 5.60 Å². The fourth-order valence-corrected chi connectivity index (χ4v) is 1.39. The molecule has 0 unspecified atom stereocenters. The van der Waals surface area contributed by atoms with Gasteiger partial charge in [0.05, 0.1) is 5.71 Å². The number of aryl methyl sites for hydroxylation is 1. The quantitative estimate of drug-likeness (QED) is 0.452. The van der Waals surface area contributed by atoms with Gasteiger partial charge in [0, 0.05) is 0 Å². The van der Waals surface area contributed by atoms with E-state index in [1.807, 2.05) is 30.3 Å². The Kier molecular flexibility index (Phi) is 3.86. The van der Waals surface area contributed by atoms with Crippen LogP contribution in [0.1, 0.15) is 25.8 Å². The number of hydrogen-bond donors (Lipinski definition) is 2. The van der Waals surface area contributed by atoms with E-state index in [1.54, 1.807) is 13.8 Å².